The molecule has 0 unspecified atom stereocenters. The minimum atomic E-state index is -0.962. The summed E-state index contributed by atoms with van der Waals surface area (Å²) in [6.45, 7) is 2.81. The zero-order valence-electron chi connectivity index (χ0n) is 14.6. The van der Waals surface area contributed by atoms with E-state index in [1.807, 2.05) is 0 Å². The first-order valence-electron chi connectivity index (χ1n) is 8.16. The van der Waals surface area contributed by atoms with Crippen LogP contribution in [0.3, 0.4) is 0 Å². The first-order valence-corrected chi connectivity index (χ1v) is 9.14. The van der Waals surface area contributed by atoms with Crippen LogP contribution in [0, 0.1) is 0 Å². The van der Waals surface area contributed by atoms with Gasteiger partial charge in [0, 0.05) is 24.5 Å². The molecule has 0 spiro atoms. The zero-order valence-corrected chi connectivity index (χ0v) is 15.4. The first kappa shape index (κ1) is 20.5. The summed E-state index contributed by atoms with van der Waals surface area (Å²) < 4.78 is 21.0. The van der Waals surface area contributed by atoms with E-state index in [9.17, 15) is 9.90 Å². The third kappa shape index (κ3) is 6.49. The van der Waals surface area contributed by atoms with E-state index in [2.05, 4.69) is 4.99 Å². The van der Waals surface area contributed by atoms with Crippen LogP contribution in [0.5, 0.6) is 11.5 Å². The Hall–Kier alpha value is -1.81. The van der Waals surface area contributed by atoms with Crippen molar-refractivity contribution in [3.05, 3.63) is 23.8 Å². The van der Waals surface area contributed by atoms with E-state index in [0.717, 1.165) is 0 Å². The van der Waals surface area contributed by atoms with Gasteiger partial charge >= 0.3 is 5.97 Å². The highest BCUT2D eigenvalue weighted by molar-refractivity contribution is 8.14. The van der Waals surface area contributed by atoms with Gasteiger partial charge in [-0.05, 0) is 12.1 Å². The molecule has 0 saturated carbocycles. The number of rotatable bonds is 12. The number of ether oxygens (including phenoxy) is 4. The van der Waals surface area contributed by atoms with Crippen molar-refractivity contribution in [2.75, 3.05) is 52.5 Å². The van der Waals surface area contributed by atoms with E-state index in [4.69, 9.17) is 24.1 Å². The van der Waals surface area contributed by atoms with Crippen LogP contribution in [-0.4, -0.2) is 79.8 Å². The number of aliphatic carboxylic acids is 1. The van der Waals surface area contributed by atoms with Crippen molar-refractivity contribution in [1.29, 1.82) is 0 Å². The number of phenolic OH excluding ortho intramolecular Hbond substituents is 1. The van der Waals surface area contributed by atoms with Gasteiger partial charge in [0.25, 0.3) is 0 Å². The van der Waals surface area contributed by atoms with Crippen molar-refractivity contribution in [3.63, 3.8) is 0 Å². The lowest BCUT2D eigenvalue weighted by Crippen LogP contribution is -2.17. The van der Waals surface area contributed by atoms with E-state index in [0.29, 0.717) is 61.8 Å². The average molecular weight is 385 g/mol. The monoisotopic (exact) mass is 385 g/mol. The molecule has 2 rings (SSSR count). The molecule has 1 heterocycles. The maximum atomic E-state index is 10.9. The largest absolute Gasteiger partial charge is 0.507 e. The molecule has 0 radical (unpaired) electrons. The maximum absolute atomic E-state index is 10.9. The van der Waals surface area contributed by atoms with Crippen molar-refractivity contribution >= 4 is 22.8 Å². The Morgan fingerprint density at radius 1 is 1.19 bits per heavy atom. The first-order chi connectivity index (χ1) is 12.6. The third-order valence-electron chi connectivity index (χ3n) is 3.44. The number of phenols is 1. The number of thioether (sulfide) groups is 1. The Balaban J connectivity index is 1.71. The Labute approximate surface area is 156 Å². The van der Waals surface area contributed by atoms with Crippen molar-refractivity contribution < 1.29 is 34.0 Å². The molecule has 8 nitrogen and oxygen atoms in total. The SMILES string of the molecule is COCCOCCOCCOc1ccc(C2=N[C@@H](C(=O)O)CS2)c(O)c1. The van der Waals surface area contributed by atoms with Crippen molar-refractivity contribution in [3.8, 4) is 11.5 Å². The van der Waals surface area contributed by atoms with Crippen LogP contribution in [0.2, 0.25) is 0 Å². The van der Waals surface area contributed by atoms with Gasteiger partial charge in [-0.15, -0.1) is 11.8 Å². The summed E-state index contributed by atoms with van der Waals surface area (Å²) in [5.74, 6) is -0.0811. The number of aromatic hydroxyl groups is 1. The fraction of sp³-hybridized carbons (Fsp3) is 0.529. The van der Waals surface area contributed by atoms with Gasteiger partial charge in [-0.3, -0.25) is 4.99 Å². The average Bonchev–Trinajstić information content (AvgIpc) is 3.10. The van der Waals surface area contributed by atoms with E-state index >= 15 is 0 Å². The molecule has 144 valence electrons. The summed E-state index contributed by atoms with van der Waals surface area (Å²) in [5, 5.41) is 19.6. The van der Waals surface area contributed by atoms with E-state index in [1.165, 1.54) is 17.8 Å². The Morgan fingerprint density at radius 2 is 1.88 bits per heavy atom. The highest BCUT2D eigenvalue weighted by Crippen LogP contribution is 2.31. The molecule has 0 aromatic heterocycles. The number of hydrogen-bond donors (Lipinski definition) is 2. The lowest BCUT2D eigenvalue weighted by atomic mass is 10.2. The van der Waals surface area contributed by atoms with Gasteiger partial charge in [-0.25, -0.2) is 4.79 Å². The predicted molar refractivity (Wildman–Crippen MR) is 97.5 cm³/mol. The van der Waals surface area contributed by atoms with Crippen LogP contribution in [0.25, 0.3) is 0 Å². The summed E-state index contributed by atoms with van der Waals surface area (Å²) in [4.78, 5) is 15.1. The number of carboxylic acids is 1. The van der Waals surface area contributed by atoms with Crippen LogP contribution in [0.1, 0.15) is 5.56 Å². The second-order valence-corrected chi connectivity index (χ2v) is 6.35. The number of carboxylic acid groups (broad SMARTS) is 1. The van der Waals surface area contributed by atoms with Crippen LogP contribution >= 0.6 is 11.8 Å². The van der Waals surface area contributed by atoms with E-state index in [-0.39, 0.29) is 5.75 Å². The number of carbonyl (C=O) groups is 1. The lowest BCUT2D eigenvalue weighted by molar-refractivity contribution is -0.137. The van der Waals surface area contributed by atoms with E-state index < -0.39 is 12.0 Å². The highest BCUT2D eigenvalue weighted by atomic mass is 32.2. The number of aliphatic imine (C=N–C) groups is 1. The Morgan fingerprint density at radius 3 is 2.50 bits per heavy atom. The standard InChI is InChI=1S/C17H23NO7S/c1-22-4-5-23-6-7-24-8-9-25-12-2-3-13(15(19)10-12)16-18-14(11-26-16)17(20)21/h2-3,10,14,19H,4-9,11H2,1H3,(H,20,21)/t14-/m1/s1. The van der Waals surface area contributed by atoms with Gasteiger partial charge in [-0.2, -0.15) is 0 Å². The number of benzene rings is 1. The fourth-order valence-electron chi connectivity index (χ4n) is 2.11. The summed E-state index contributed by atoms with van der Waals surface area (Å²) in [6, 6.07) is 4.10. The molecule has 0 amide bonds. The molecule has 1 aromatic carbocycles. The molecular weight excluding hydrogens is 362 g/mol. The fourth-order valence-corrected chi connectivity index (χ4v) is 3.18. The van der Waals surface area contributed by atoms with Crippen LogP contribution < -0.4 is 4.74 Å². The highest BCUT2D eigenvalue weighted by Gasteiger charge is 2.26. The second kappa shape index (κ2) is 11.0. The molecule has 0 bridgehead atoms. The van der Waals surface area contributed by atoms with Crippen LogP contribution in [0.4, 0.5) is 0 Å². The van der Waals surface area contributed by atoms with Gasteiger partial charge in [0.2, 0.25) is 0 Å². The summed E-state index contributed by atoms with van der Waals surface area (Å²) in [5.41, 5.74) is 0.510. The van der Waals surface area contributed by atoms with Crippen molar-refractivity contribution in [2.45, 2.75) is 6.04 Å². The van der Waals surface area contributed by atoms with E-state index in [1.54, 1.807) is 19.2 Å². The number of methoxy groups -OCH3 is 1. The number of nitrogens with zero attached hydrogens (tertiary/aromatic N) is 1. The van der Waals surface area contributed by atoms with Crippen LogP contribution in [-0.2, 0) is 19.0 Å². The molecule has 0 saturated heterocycles. The third-order valence-corrected chi connectivity index (χ3v) is 4.52. The van der Waals surface area contributed by atoms with Gasteiger partial charge in [-0.1, -0.05) is 0 Å². The van der Waals surface area contributed by atoms with Crippen molar-refractivity contribution in [1.82, 2.24) is 0 Å². The predicted octanol–water partition coefficient (Wildman–Crippen LogP) is 1.40. The quantitative estimate of drug-likeness (QED) is 0.520. The van der Waals surface area contributed by atoms with Crippen molar-refractivity contribution in [2.24, 2.45) is 4.99 Å². The molecule has 1 aromatic rings. The lowest BCUT2D eigenvalue weighted by Gasteiger charge is -2.10. The smallest absolute Gasteiger partial charge is 0.329 e. The zero-order chi connectivity index (χ0) is 18.8. The summed E-state index contributed by atoms with van der Waals surface area (Å²) in [7, 11) is 1.62. The maximum Gasteiger partial charge on any atom is 0.329 e. The van der Waals surface area contributed by atoms with Crippen LogP contribution in [0.15, 0.2) is 23.2 Å². The molecule has 0 fully saturated rings. The Kier molecular flexibility index (Phi) is 8.69. The molecule has 26 heavy (non-hydrogen) atoms. The molecule has 1 atom stereocenters. The topological polar surface area (TPSA) is 107 Å². The molecular formula is C17H23NO7S. The Bertz CT molecular complexity index is 623. The molecule has 9 heteroatoms. The summed E-state index contributed by atoms with van der Waals surface area (Å²) >= 11 is 1.31. The molecule has 1 aliphatic rings. The molecule has 2 N–H and O–H groups in total. The normalized spacial score (nSPS) is 16.5. The summed E-state index contributed by atoms with van der Waals surface area (Å²) in [6.07, 6.45) is 0. The number of hydrogen-bond acceptors (Lipinski definition) is 8. The second-order valence-electron chi connectivity index (χ2n) is 5.34. The van der Waals surface area contributed by atoms with Gasteiger partial charge in [0.1, 0.15) is 23.1 Å². The minimum absolute atomic E-state index is 0.00671. The van der Waals surface area contributed by atoms with Gasteiger partial charge in [0.05, 0.1) is 33.0 Å². The molecule has 1 aliphatic heterocycles. The van der Waals surface area contributed by atoms with Gasteiger partial charge < -0.3 is 29.2 Å². The van der Waals surface area contributed by atoms with Gasteiger partial charge in [0.15, 0.2) is 6.04 Å². The molecule has 0 aliphatic carbocycles. The minimum Gasteiger partial charge on any atom is -0.507 e.